The third kappa shape index (κ3) is 5.05. The van der Waals surface area contributed by atoms with E-state index in [1.165, 1.54) is 36.0 Å². The molecule has 1 aliphatic rings. The highest BCUT2D eigenvalue weighted by molar-refractivity contribution is 7.92. The van der Waals surface area contributed by atoms with E-state index < -0.39 is 27.6 Å². The normalized spacial score (nSPS) is 14.3. The zero-order valence-corrected chi connectivity index (χ0v) is 28.0. The second kappa shape index (κ2) is 11.6. The number of furan rings is 1. The van der Waals surface area contributed by atoms with Crippen LogP contribution in [0.5, 0.6) is 0 Å². The van der Waals surface area contributed by atoms with E-state index in [1.807, 2.05) is 9.30 Å². The third-order valence-corrected chi connectivity index (χ3v) is 10.4. The first-order chi connectivity index (χ1) is 23.9. The molecule has 0 saturated carbocycles. The van der Waals surface area contributed by atoms with Gasteiger partial charge in [0, 0.05) is 61.2 Å². The maximum Gasteiger partial charge on any atom is 0.257 e. The van der Waals surface area contributed by atoms with Gasteiger partial charge in [0.2, 0.25) is 15.9 Å². The molecule has 5 aromatic heterocycles. The molecule has 14 heteroatoms. The Bertz CT molecular complexity index is 2710. The van der Waals surface area contributed by atoms with Crippen molar-refractivity contribution in [3.05, 3.63) is 100 Å². The third-order valence-electron chi connectivity index (χ3n) is 9.24. The zero-order valence-electron chi connectivity index (χ0n) is 27.2. The number of benzene rings is 2. The number of anilines is 1. The van der Waals surface area contributed by atoms with Crippen molar-refractivity contribution in [1.82, 2.24) is 23.8 Å². The number of nitrogens with zero attached hydrogens (tertiary/aromatic N) is 6. The fourth-order valence-electron chi connectivity index (χ4n) is 6.63. The van der Waals surface area contributed by atoms with Crippen LogP contribution in [0.15, 0.2) is 82.1 Å². The van der Waals surface area contributed by atoms with Crippen LogP contribution in [0.4, 0.5) is 14.5 Å². The molecule has 1 saturated heterocycles. The number of pyridine rings is 2. The molecule has 254 valence electrons. The van der Waals surface area contributed by atoms with Crippen molar-refractivity contribution in [2.75, 3.05) is 30.7 Å². The van der Waals surface area contributed by atoms with Crippen molar-refractivity contribution in [1.29, 1.82) is 0 Å². The van der Waals surface area contributed by atoms with E-state index in [9.17, 15) is 22.4 Å². The van der Waals surface area contributed by atoms with E-state index in [0.717, 1.165) is 10.6 Å². The number of rotatable bonds is 8. The predicted octanol–water partition coefficient (Wildman–Crippen LogP) is 5.88. The Kier molecular flexibility index (Phi) is 7.35. The molecule has 0 radical (unpaired) electrons. The number of likely N-dealkylation sites (tertiary alicyclic amines) is 1. The summed E-state index contributed by atoms with van der Waals surface area (Å²) in [4.78, 5) is 38.1. The smallest absolute Gasteiger partial charge is 0.257 e. The van der Waals surface area contributed by atoms with Gasteiger partial charge in [-0.1, -0.05) is 19.1 Å². The lowest BCUT2D eigenvalue weighted by molar-refractivity contribution is 0.0567. The molecule has 1 aliphatic heterocycles. The van der Waals surface area contributed by atoms with Crippen molar-refractivity contribution in [3.63, 3.8) is 0 Å². The molecule has 6 heterocycles. The van der Waals surface area contributed by atoms with Gasteiger partial charge in [-0.3, -0.25) is 27.8 Å². The van der Waals surface area contributed by atoms with Gasteiger partial charge in [0.15, 0.2) is 5.78 Å². The van der Waals surface area contributed by atoms with Crippen LogP contribution in [0, 0.1) is 5.82 Å². The van der Waals surface area contributed by atoms with E-state index in [0.29, 0.717) is 56.5 Å². The van der Waals surface area contributed by atoms with Crippen LogP contribution in [0.2, 0.25) is 0 Å². The van der Waals surface area contributed by atoms with E-state index in [1.54, 1.807) is 55.5 Å². The Hall–Kier alpha value is -5.47. The maximum absolute atomic E-state index is 15.1. The van der Waals surface area contributed by atoms with Gasteiger partial charge >= 0.3 is 0 Å². The molecule has 0 atom stereocenters. The Morgan fingerprint density at radius 2 is 1.82 bits per heavy atom. The first kappa shape index (κ1) is 31.8. The molecule has 1 fully saturated rings. The summed E-state index contributed by atoms with van der Waals surface area (Å²) in [6.07, 6.45) is 1.78. The molecular weight excluding hydrogens is 666 g/mol. The topological polar surface area (TPSA) is 123 Å². The second-order valence-electron chi connectivity index (χ2n) is 12.5. The molecule has 0 aliphatic carbocycles. The van der Waals surface area contributed by atoms with Gasteiger partial charge < -0.3 is 4.42 Å². The number of aromatic nitrogens is 4. The number of halogens is 2. The first-order valence-electron chi connectivity index (χ1n) is 15.9. The van der Waals surface area contributed by atoms with Crippen molar-refractivity contribution in [3.8, 4) is 17.1 Å². The summed E-state index contributed by atoms with van der Waals surface area (Å²) in [7, 11) is -2.40. The summed E-state index contributed by atoms with van der Waals surface area (Å²) in [5.74, 6) is -0.0789. The van der Waals surface area contributed by atoms with Gasteiger partial charge in [-0.15, -0.1) is 0 Å². The van der Waals surface area contributed by atoms with Gasteiger partial charge in [0.25, 0.3) is 5.56 Å². The SMILES string of the molecule is CCC(=O)c1c(-n2ccccc2=O)oc2cc(N(C)S(C)(=O)=O)c(-c3ccc4nc(CN5CC(F)C5)n5c6cccc(F)c6cc5c4n3)cc12. The number of ketones is 1. The molecule has 8 rings (SSSR count). The highest BCUT2D eigenvalue weighted by Crippen LogP contribution is 2.40. The molecule has 50 heavy (non-hydrogen) atoms. The van der Waals surface area contributed by atoms with Gasteiger partial charge in [-0.2, -0.15) is 0 Å². The molecule has 0 unspecified atom stereocenters. The van der Waals surface area contributed by atoms with E-state index in [4.69, 9.17) is 14.4 Å². The Balaban J connectivity index is 1.41. The summed E-state index contributed by atoms with van der Waals surface area (Å²) >= 11 is 0. The fraction of sp³-hybridized carbons (Fsp3) is 0.222. The average molecular weight is 697 g/mol. The number of alkyl halides is 1. The van der Waals surface area contributed by atoms with Crippen LogP contribution in [-0.2, 0) is 16.6 Å². The second-order valence-corrected chi connectivity index (χ2v) is 14.5. The highest BCUT2D eigenvalue weighted by Gasteiger charge is 2.29. The van der Waals surface area contributed by atoms with Gasteiger partial charge in [0.1, 0.15) is 28.9 Å². The standard InChI is InChI=1S/C36H30F2N6O5S/c1-4-30(45)34-23-14-22(28(41(2)50(3,47)48)16-31(23)49-36(34)43-13-6-5-10-33(43)46)25-11-12-26-35(40-25)29-15-21-24(38)8-7-9-27(21)44(29)32(39-26)19-42-17-20(37)18-42/h5-16,20H,4,17-19H2,1-3H3. The Labute approximate surface area is 284 Å². The molecule has 0 N–H and O–H groups in total. The summed E-state index contributed by atoms with van der Waals surface area (Å²) in [6.45, 7) is 2.60. The van der Waals surface area contributed by atoms with Crippen LogP contribution in [0.25, 0.3) is 55.6 Å². The van der Waals surface area contributed by atoms with Crippen molar-refractivity contribution in [2.24, 2.45) is 0 Å². The lowest BCUT2D eigenvalue weighted by atomic mass is 10.0. The van der Waals surface area contributed by atoms with Crippen LogP contribution in [0.1, 0.15) is 29.5 Å². The van der Waals surface area contributed by atoms with E-state index in [2.05, 4.69) is 0 Å². The number of hydrogen-bond donors (Lipinski definition) is 0. The number of hydrogen-bond acceptors (Lipinski definition) is 8. The van der Waals surface area contributed by atoms with Crippen molar-refractivity contribution in [2.45, 2.75) is 26.1 Å². The highest BCUT2D eigenvalue weighted by atomic mass is 32.2. The number of carbonyl (C=O) groups is 1. The quantitative estimate of drug-likeness (QED) is 0.181. The number of fused-ring (bicyclic) bond motifs is 6. The van der Waals surface area contributed by atoms with Crippen molar-refractivity contribution < 1.29 is 26.4 Å². The summed E-state index contributed by atoms with van der Waals surface area (Å²) in [6, 6.07) is 17.7. The van der Waals surface area contributed by atoms with Crippen LogP contribution in [0.3, 0.4) is 0 Å². The Morgan fingerprint density at radius 1 is 1.02 bits per heavy atom. The van der Waals surface area contributed by atoms with E-state index in [-0.39, 0.29) is 48.0 Å². The maximum atomic E-state index is 15.1. The first-order valence-corrected chi connectivity index (χ1v) is 17.8. The van der Waals surface area contributed by atoms with Gasteiger partial charge in [-0.25, -0.2) is 27.2 Å². The van der Waals surface area contributed by atoms with Crippen molar-refractivity contribution >= 4 is 59.9 Å². The molecule has 7 aromatic rings. The van der Waals surface area contributed by atoms with Crippen LogP contribution >= 0.6 is 0 Å². The minimum absolute atomic E-state index is 0.0238. The van der Waals surface area contributed by atoms with E-state index >= 15 is 4.39 Å². The molecule has 2 aromatic carbocycles. The zero-order chi connectivity index (χ0) is 35.1. The van der Waals surface area contributed by atoms with Crippen LogP contribution < -0.4 is 9.86 Å². The monoisotopic (exact) mass is 696 g/mol. The minimum Gasteiger partial charge on any atom is -0.439 e. The fourth-order valence-corrected chi connectivity index (χ4v) is 7.14. The molecular formula is C36H30F2N6O5S. The van der Waals surface area contributed by atoms with Gasteiger partial charge in [-0.05, 0) is 42.5 Å². The summed E-state index contributed by atoms with van der Waals surface area (Å²) in [5, 5.41) is 0.742. The largest absolute Gasteiger partial charge is 0.439 e. The molecule has 11 nitrogen and oxygen atoms in total. The van der Waals surface area contributed by atoms with Gasteiger partial charge in [0.05, 0.1) is 46.3 Å². The number of carbonyl (C=O) groups excluding carboxylic acids is 1. The predicted molar refractivity (Wildman–Crippen MR) is 187 cm³/mol. The lowest BCUT2D eigenvalue weighted by Crippen LogP contribution is -2.47. The lowest BCUT2D eigenvalue weighted by Gasteiger charge is -2.34. The minimum atomic E-state index is -3.80. The molecule has 0 spiro atoms. The number of Topliss-reactive ketones (excluding diaryl/α,β-unsaturated/α-hetero) is 1. The summed E-state index contributed by atoms with van der Waals surface area (Å²) < 4.78 is 65.1. The molecule has 0 bridgehead atoms. The number of sulfonamides is 1. The Morgan fingerprint density at radius 3 is 2.54 bits per heavy atom. The average Bonchev–Trinajstić information content (AvgIpc) is 3.66. The molecule has 0 amide bonds. The summed E-state index contributed by atoms with van der Waals surface area (Å²) in [5.41, 5.74) is 2.98. The van der Waals surface area contributed by atoms with Crippen LogP contribution in [-0.4, -0.2) is 70.6 Å².